The molecule has 0 aromatic heterocycles. The van der Waals surface area contributed by atoms with Gasteiger partial charge in [-0.15, -0.1) is 0 Å². The van der Waals surface area contributed by atoms with Crippen LogP contribution in [0.2, 0.25) is 0 Å². The average Bonchev–Trinajstić information content (AvgIpc) is 2.38. The quantitative estimate of drug-likeness (QED) is 0.750. The number of rotatable bonds is 0. The van der Waals surface area contributed by atoms with E-state index in [1.807, 2.05) is 48.5 Å². The molecule has 0 spiro atoms. The highest BCUT2D eigenvalue weighted by Crippen LogP contribution is 2.17. The number of benzene rings is 2. The Kier molecular flexibility index (Phi) is 4.13. The van der Waals surface area contributed by atoms with Crippen molar-refractivity contribution in [2.75, 3.05) is 0 Å². The van der Waals surface area contributed by atoms with Crippen molar-refractivity contribution in [3.63, 3.8) is 0 Å². The number of fused-ring (bicyclic) bond motifs is 4. The zero-order chi connectivity index (χ0) is 13.9. The Bertz CT molecular complexity index is 574. The third kappa shape index (κ3) is 3.44. The molecule has 0 atom stereocenters. The Labute approximate surface area is 124 Å². The fourth-order valence-corrected chi connectivity index (χ4v) is 4.87. The maximum Gasteiger partial charge on any atom is 0.0489 e. The Balaban J connectivity index is 1.97. The van der Waals surface area contributed by atoms with Crippen LogP contribution in [0.1, 0.15) is 22.3 Å². The highest BCUT2D eigenvalue weighted by atomic mass is 32.2. The molecular formula is C16H16O2S2. The maximum atomic E-state index is 12.2. The Morgan fingerprint density at radius 3 is 1.20 bits per heavy atom. The summed E-state index contributed by atoms with van der Waals surface area (Å²) in [7, 11) is -1.80. The van der Waals surface area contributed by atoms with Crippen LogP contribution in [0.5, 0.6) is 0 Å². The van der Waals surface area contributed by atoms with Crippen molar-refractivity contribution < 1.29 is 8.42 Å². The molecule has 0 aliphatic carbocycles. The summed E-state index contributed by atoms with van der Waals surface area (Å²) < 4.78 is 24.5. The van der Waals surface area contributed by atoms with Gasteiger partial charge in [0.25, 0.3) is 0 Å². The summed E-state index contributed by atoms with van der Waals surface area (Å²) in [5.74, 6) is 2.24. The second kappa shape index (κ2) is 6.02. The van der Waals surface area contributed by atoms with Crippen LogP contribution in [0.25, 0.3) is 0 Å². The fourth-order valence-electron chi connectivity index (χ4n) is 2.46. The van der Waals surface area contributed by atoms with E-state index < -0.39 is 21.6 Å². The second-order valence-corrected chi connectivity index (χ2v) is 8.01. The molecule has 3 rings (SSSR count). The molecule has 0 fully saturated rings. The zero-order valence-electron chi connectivity index (χ0n) is 11.1. The Hall–Kier alpha value is -1.26. The zero-order valence-corrected chi connectivity index (χ0v) is 12.7. The van der Waals surface area contributed by atoms with Gasteiger partial charge in [-0.1, -0.05) is 48.5 Å². The molecule has 2 aromatic carbocycles. The highest BCUT2D eigenvalue weighted by molar-refractivity contribution is 7.83. The first-order valence-electron chi connectivity index (χ1n) is 6.54. The van der Waals surface area contributed by atoms with Gasteiger partial charge < -0.3 is 0 Å². The van der Waals surface area contributed by atoms with Crippen LogP contribution in [-0.4, -0.2) is 8.42 Å². The third-order valence-electron chi connectivity index (χ3n) is 3.29. The van der Waals surface area contributed by atoms with E-state index in [1.54, 1.807) is 0 Å². The lowest BCUT2D eigenvalue weighted by Crippen LogP contribution is -2.05. The highest BCUT2D eigenvalue weighted by Gasteiger charge is 2.10. The van der Waals surface area contributed by atoms with E-state index in [4.69, 9.17) is 0 Å². The van der Waals surface area contributed by atoms with Crippen LogP contribution in [0.15, 0.2) is 48.5 Å². The molecule has 0 N–H and O–H groups in total. The smallest absolute Gasteiger partial charge is 0.0489 e. The lowest BCUT2D eigenvalue weighted by Gasteiger charge is -2.10. The summed E-state index contributed by atoms with van der Waals surface area (Å²) >= 11 is 0. The third-order valence-corrected chi connectivity index (χ3v) is 5.91. The first-order chi connectivity index (χ1) is 9.69. The van der Waals surface area contributed by atoms with Gasteiger partial charge in [0.15, 0.2) is 0 Å². The van der Waals surface area contributed by atoms with Gasteiger partial charge in [0.1, 0.15) is 0 Å². The topological polar surface area (TPSA) is 34.1 Å². The molecule has 0 saturated carbocycles. The molecule has 4 bridgehead atoms. The summed E-state index contributed by atoms with van der Waals surface area (Å²) in [6, 6.07) is 16.0. The van der Waals surface area contributed by atoms with E-state index in [0.29, 0.717) is 23.0 Å². The summed E-state index contributed by atoms with van der Waals surface area (Å²) in [5, 5.41) is 0. The maximum absolute atomic E-state index is 12.2. The minimum absolute atomic E-state index is 0.560. The molecule has 1 aliphatic heterocycles. The molecule has 0 radical (unpaired) electrons. The van der Waals surface area contributed by atoms with Crippen LogP contribution in [0, 0.1) is 0 Å². The molecule has 1 heterocycles. The standard InChI is InChI=1S/C16H16O2S2/c17-19-9-13-3-1-4-14(7-13)10-20(18)12-16-6-2-5-15(8-16)11-19/h1-8H,9-12H2. The molecule has 1 aliphatic rings. The van der Waals surface area contributed by atoms with Crippen LogP contribution in [0.3, 0.4) is 0 Å². The lowest BCUT2D eigenvalue weighted by molar-refractivity contribution is 0.682. The van der Waals surface area contributed by atoms with Crippen molar-refractivity contribution >= 4 is 21.6 Å². The predicted molar refractivity (Wildman–Crippen MR) is 84.0 cm³/mol. The molecule has 0 unspecified atom stereocenters. The van der Waals surface area contributed by atoms with Gasteiger partial charge in [-0.3, -0.25) is 8.42 Å². The van der Waals surface area contributed by atoms with Gasteiger partial charge in [0.2, 0.25) is 0 Å². The van der Waals surface area contributed by atoms with Gasteiger partial charge >= 0.3 is 0 Å². The molecule has 0 amide bonds. The molecule has 104 valence electrons. The van der Waals surface area contributed by atoms with Gasteiger partial charge in [-0.2, -0.15) is 0 Å². The normalized spacial score (nSPS) is 22.6. The first kappa shape index (κ1) is 13.7. The molecular weight excluding hydrogens is 288 g/mol. The van der Waals surface area contributed by atoms with Gasteiger partial charge in [0.05, 0.1) is 0 Å². The van der Waals surface area contributed by atoms with Gasteiger partial charge in [-0.05, 0) is 22.3 Å². The molecule has 4 heteroatoms. The summed E-state index contributed by atoms with van der Waals surface area (Å²) in [6.07, 6.45) is 0. The predicted octanol–water partition coefficient (Wildman–Crippen LogP) is 2.90. The van der Waals surface area contributed by atoms with E-state index in [2.05, 4.69) is 0 Å². The van der Waals surface area contributed by atoms with E-state index in [0.717, 1.165) is 22.3 Å². The van der Waals surface area contributed by atoms with Crippen molar-refractivity contribution in [3.8, 4) is 0 Å². The average molecular weight is 304 g/mol. The van der Waals surface area contributed by atoms with Crippen LogP contribution in [0.4, 0.5) is 0 Å². The SMILES string of the molecule is O=S1Cc2cccc(c2)CS(=O)Cc2cccc(c2)C1. The Morgan fingerprint density at radius 1 is 0.600 bits per heavy atom. The van der Waals surface area contributed by atoms with E-state index in [-0.39, 0.29) is 0 Å². The van der Waals surface area contributed by atoms with E-state index in [1.165, 1.54) is 0 Å². The molecule has 2 nitrogen and oxygen atoms in total. The van der Waals surface area contributed by atoms with Gasteiger partial charge in [-0.25, -0.2) is 0 Å². The van der Waals surface area contributed by atoms with E-state index in [9.17, 15) is 8.42 Å². The summed E-state index contributed by atoms with van der Waals surface area (Å²) in [5.41, 5.74) is 4.26. The largest absolute Gasteiger partial charge is 0.259 e. The van der Waals surface area contributed by atoms with Crippen LogP contribution >= 0.6 is 0 Å². The van der Waals surface area contributed by atoms with E-state index >= 15 is 0 Å². The Morgan fingerprint density at radius 2 is 0.900 bits per heavy atom. The molecule has 20 heavy (non-hydrogen) atoms. The van der Waals surface area contributed by atoms with Crippen molar-refractivity contribution in [2.45, 2.75) is 23.0 Å². The van der Waals surface area contributed by atoms with Crippen molar-refractivity contribution in [1.82, 2.24) is 0 Å². The van der Waals surface area contributed by atoms with Crippen molar-refractivity contribution in [2.24, 2.45) is 0 Å². The second-order valence-electron chi connectivity index (χ2n) is 5.10. The van der Waals surface area contributed by atoms with Crippen LogP contribution in [-0.2, 0) is 44.6 Å². The minimum atomic E-state index is -0.901. The van der Waals surface area contributed by atoms with Crippen molar-refractivity contribution in [1.29, 1.82) is 0 Å². The van der Waals surface area contributed by atoms with Crippen LogP contribution < -0.4 is 0 Å². The molecule has 0 saturated heterocycles. The number of hydrogen-bond acceptors (Lipinski definition) is 2. The van der Waals surface area contributed by atoms with Crippen molar-refractivity contribution in [3.05, 3.63) is 70.8 Å². The number of hydrogen-bond donors (Lipinski definition) is 0. The molecule has 2 aromatic rings. The lowest BCUT2D eigenvalue weighted by atomic mass is 10.2. The fraction of sp³-hybridized carbons (Fsp3) is 0.250. The first-order valence-corrected chi connectivity index (χ1v) is 9.52. The summed E-state index contributed by atoms with van der Waals surface area (Å²) in [6.45, 7) is 0. The minimum Gasteiger partial charge on any atom is -0.259 e. The monoisotopic (exact) mass is 304 g/mol. The summed E-state index contributed by atoms with van der Waals surface area (Å²) in [4.78, 5) is 0. The van der Waals surface area contributed by atoms with Gasteiger partial charge in [0, 0.05) is 44.6 Å².